The summed E-state index contributed by atoms with van der Waals surface area (Å²) in [7, 11) is 0. The van der Waals surface area contributed by atoms with Crippen molar-refractivity contribution in [3.8, 4) is 0 Å². The Hall–Kier alpha value is -1.54. The molecule has 0 spiro atoms. The van der Waals surface area contributed by atoms with Gasteiger partial charge < -0.3 is 5.32 Å². The molecule has 0 saturated carbocycles. The summed E-state index contributed by atoms with van der Waals surface area (Å²) in [6.07, 6.45) is 1.86. The standard InChI is InChI=1S/C14H15ClN2/c1-11-2-7-14(16-9-11)17-10-13-5-3-12(8-15)4-6-13/h2-7,9H,8,10H2,1H3,(H,16,17). The molecule has 0 aliphatic heterocycles. The van der Waals surface area contributed by atoms with Crippen molar-refractivity contribution in [1.82, 2.24) is 4.98 Å². The number of pyridine rings is 1. The minimum absolute atomic E-state index is 0.563. The van der Waals surface area contributed by atoms with Gasteiger partial charge in [0, 0.05) is 18.6 Å². The molecule has 2 aromatic rings. The van der Waals surface area contributed by atoms with Crippen LogP contribution >= 0.6 is 11.6 Å². The molecule has 17 heavy (non-hydrogen) atoms. The van der Waals surface area contributed by atoms with Gasteiger partial charge in [0.1, 0.15) is 5.82 Å². The first-order valence-electron chi connectivity index (χ1n) is 5.58. The van der Waals surface area contributed by atoms with Crippen LogP contribution in [0.5, 0.6) is 0 Å². The van der Waals surface area contributed by atoms with Crippen molar-refractivity contribution < 1.29 is 0 Å². The first-order chi connectivity index (χ1) is 8.28. The summed E-state index contributed by atoms with van der Waals surface area (Å²) >= 11 is 5.74. The molecule has 0 unspecified atom stereocenters. The fraction of sp³-hybridized carbons (Fsp3) is 0.214. The van der Waals surface area contributed by atoms with E-state index in [1.807, 2.05) is 37.4 Å². The number of hydrogen-bond acceptors (Lipinski definition) is 2. The van der Waals surface area contributed by atoms with Crippen molar-refractivity contribution in [1.29, 1.82) is 0 Å². The largest absolute Gasteiger partial charge is 0.366 e. The van der Waals surface area contributed by atoms with Crippen LogP contribution in [0.3, 0.4) is 0 Å². The van der Waals surface area contributed by atoms with E-state index in [1.165, 1.54) is 11.1 Å². The highest BCUT2D eigenvalue weighted by Gasteiger charge is 1.96. The molecule has 0 fully saturated rings. The summed E-state index contributed by atoms with van der Waals surface area (Å²) < 4.78 is 0. The van der Waals surface area contributed by atoms with Gasteiger partial charge in [-0.25, -0.2) is 4.98 Å². The smallest absolute Gasteiger partial charge is 0.126 e. The van der Waals surface area contributed by atoms with E-state index in [2.05, 4.69) is 22.4 Å². The molecule has 0 amide bonds. The van der Waals surface area contributed by atoms with E-state index < -0.39 is 0 Å². The molecule has 3 heteroatoms. The Kier molecular flexibility index (Phi) is 3.99. The van der Waals surface area contributed by atoms with E-state index in [1.54, 1.807) is 0 Å². The number of nitrogens with zero attached hydrogens (tertiary/aromatic N) is 1. The molecule has 0 aliphatic carbocycles. The Balaban J connectivity index is 1.95. The van der Waals surface area contributed by atoms with E-state index in [0.29, 0.717) is 5.88 Å². The Morgan fingerprint density at radius 1 is 1.06 bits per heavy atom. The number of aromatic nitrogens is 1. The van der Waals surface area contributed by atoms with Crippen molar-refractivity contribution in [2.75, 3.05) is 5.32 Å². The van der Waals surface area contributed by atoms with E-state index in [9.17, 15) is 0 Å². The third-order valence-corrected chi connectivity index (χ3v) is 2.87. The van der Waals surface area contributed by atoms with E-state index in [4.69, 9.17) is 11.6 Å². The van der Waals surface area contributed by atoms with Gasteiger partial charge in [0.15, 0.2) is 0 Å². The lowest BCUT2D eigenvalue weighted by molar-refractivity contribution is 1.10. The molecular formula is C14H15ClN2. The molecule has 2 rings (SSSR count). The van der Waals surface area contributed by atoms with Crippen molar-refractivity contribution >= 4 is 17.4 Å². The zero-order chi connectivity index (χ0) is 12.1. The molecule has 0 bridgehead atoms. The maximum Gasteiger partial charge on any atom is 0.126 e. The van der Waals surface area contributed by atoms with Crippen LogP contribution < -0.4 is 5.32 Å². The highest BCUT2D eigenvalue weighted by Crippen LogP contribution is 2.09. The molecule has 0 aliphatic rings. The Morgan fingerprint density at radius 2 is 1.76 bits per heavy atom. The van der Waals surface area contributed by atoms with Gasteiger partial charge in [-0.15, -0.1) is 11.6 Å². The molecule has 88 valence electrons. The molecule has 1 aromatic heterocycles. The monoisotopic (exact) mass is 246 g/mol. The Bertz CT molecular complexity index is 463. The number of alkyl halides is 1. The van der Waals surface area contributed by atoms with Crippen LogP contribution in [0.2, 0.25) is 0 Å². The van der Waals surface area contributed by atoms with Crippen molar-refractivity contribution in [3.05, 3.63) is 59.3 Å². The second-order valence-electron chi connectivity index (χ2n) is 4.02. The molecule has 0 radical (unpaired) electrons. The lowest BCUT2D eigenvalue weighted by Gasteiger charge is -2.06. The lowest BCUT2D eigenvalue weighted by Crippen LogP contribution is -2.01. The number of benzene rings is 1. The Labute approximate surface area is 107 Å². The molecule has 1 heterocycles. The minimum atomic E-state index is 0.563. The fourth-order valence-corrected chi connectivity index (χ4v) is 1.69. The first-order valence-corrected chi connectivity index (χ1v) is 6.11. The van der Waals surface area contributed by atoms with Crippen molar-refractivity contribution in [3.63, 3.8) is 0 Å². The summed E-state index contributed by atoms with van der Waals surface area (Å²) in [5.74, 6) is 1.46. The third kappa shape index (κ3) is 3.46. The zero-order valence-corrected chi connectivity index (χ0v) is 10.5. The molecular weight excluding hydrogens is 232 g/mol. The van der Waals surface area contributed by atoms with Gasteiger partial charge in [0.05, 0.1) is 0 Å². The van der Waals surface area contributed by atoms with Gasteiger partial charge in [-0.1, -0.05) is 30.3 Å². The number of nitrogens with one attached hydrogen (secondary N) is 1. The number of rotatable bonds is 4. The topological polar surface area (TPSA) is 24.9 Å². The minimum Gasteiger partial charge on any atom is -0.366 e. The summed E-state index contributed by atoms with van der Waals surface area (Å²) in [4.78, 5) is 4.29. The number of halogens is 1. The van der Waals surface area contributed by atoms with Gasteiger partial charge in [-0.05, 0) is 29.7 Å². The number of aryl methyl sites for hydroxylation is 1. The van der Waals surface area contributed by atoms with Crippen molar-refractivity contribution in [2.24, 2.45) is 0 Å². The number of anilines is 1. The summed E-state index contributed by atoms with van der Waals surface area (Å²) in [5, 5.41) is 3.28. The van der Waals surface area contributed by atoms with Crippen LogP contribution in [0.25, 0.3) is 0 Å². The SMILES string of the molecule is Cc1ccc(NCc2ccc(CCl)cc2)nc1. The average Bonchev–Trinajstić information content (AvgIpc) is 2.39. The predicted molar refractivity (Wildman–Crippen MR) is 72.3 cm³/mol. The van der Waals surface area contributed by atoms with Gasteiger partial charge in [-0.2, -0.15) is 0 Å². The maximum atomic E-state index is 5.74. The number of hydrogen-bond donors (Lipinski definition) is 1. The highest BCUT2D eigenvalue weighted by atomic mass is 35.5. The highest BCUT2D eigenvalue weighted by molar-refractivity contribution is 6.17. The van der Waals surface area contributed by atoms with Gasteiger partial charge >= 0.3 is 0 Å². The quantitative estimate of drug-likeness (QED) is 0.832. The van der Waals surface area contributed by atoms with E-state index >= 15 is 0 Å². The summed E-state index contributed by atoms with van der Waals surface area (Å²) in [6.45, 7) is 2.81. The lowest BCUT2D eigenvalue weighted by atomic mass is 10.1. The first kappa shape index (κ1) is 11.9. The molecule has 2 nitrogen and oxygen atoms in total. The average molecular weight is 247 g/mol. The van der Waals surface area contributed by atoms with Crippen LogP contribution in [0.4, 0.5) is 5.82 Å². The fourth-order valence-electron chi connectivity index (χ4n) is 1.51. The summed E-state index contributed by atoms with van der Waals surface area (Å²) in [5.41, 5.74) is 3.53. The van der Waals surface area contributed by atoms with Crippen LogP contribution in [0.1, 0.15) is 16.7 Å². The van der Waals surface area contributed by atoms with Crippen molar-refractivity contribution in [2.45, 2.75) is 19.3 Å². The summed E-state index contributed by atoms with van der Waals surface area (Å²) in [6, 6.07) is 12.3. The molecule has 0 saturated heterocycles. The third-order valence-electron chi connectivity index (χ3n) is 2.56. The molecule has 1 aromatic carbocycles. The molecule has 1 N–H and O–H groups in total. The van der Waals surface area contributed by atoms with E-state index in [0.717, 1.165) is 17.9 Å². The second kappa shape index (κ2) is 5.69. The second-order valence-corrected chi connectivity index (χ2v) is 4.29. The van der Waals surface area contributed by atoms with Crippen LogP contribution in [0, 0.1) is 6.92 Å². The predicted octanol–water partition coefficient (Wildman–Crippen LogP) is 3.74. The van der Waals surface area contributed by atoms with Gasteiger partial charge in [-0.3, -0.25) is 0 Å². The van der Waals surface area contributed by atoms with Gasteiger partial charge in [0.2, 0.25) is 0 Å². The van der Waals surface area contributed by atoms with Gasteiger partial charge in [0.25, 0.3) is 0 Å². The van der Waals surface area contributed by atoms with Crippen LogP contribution in [0.15, 0.2) is 42.6 Å². The Morgan fingerprint density at radius 3 is 2.35 bits per heavy atom. The van der Waals surface area contributed by atoms with E-state index in [-0.39, 0.29) is 0 Å². The van der Waals surface area contributed by atoms with Crippen LogP contribution in [-0.4, -0.2) is 4.98 Å². The van der Waals surface area contributed by atoms with Crippen LogP contribution in [-0.2, 0) is 12.4 Å². The molecule has 0 atom stereocenters. The maximum absolute atomic E-state index is 5.74. The normalized spacial score (nSPS) is 10.2. The zero-order valence-electron chi connectivity index (χ0n) is 9.78.